The lowest BCUT2D eigenvalue weighted by Gasteiger charge is -2.24. The molecule has 0 fully saturated rings. The molecule has 1 aliphatic rings. The highest BCUT2D eigenvalue weighted by atomic mass is 32.2. The molecule has 0 aliphatic carbocycles. The average Bonchev–Trinajstić information content (AvgIpc) is 2.75. The Kier molecular flexibility index (Phi) is 3.79. The van der Waals surface area contributed by atoms with Crippen molar-refractivity contribution in [2.24, 2.45) is 0 Å². The predicted molar refractivity (Wildman–Crippen MR) is 83.6 cm³/mol. The van der Waals surface area contributed by atoms with Crippen LogP contribution in [0.1, 0.15) is 33.8 Å². The van der Waals surface area contributed by atoms with Gasteiger partial charge in [-0.25, -0.2) is 0 Å². The Labute approximate surface area is 123 Å². The molecule has 0 spiro atoms. The molecule has 0 radical (unpaired) electrons. The molecule has 2 nitrogen and oxygen atoms in total. The number of nitrogens with zero attached hydrogens (tertiary/aromatic N) is 1. The molecule has 1 unspecified atom stereocenters. The molecule has 0 saturated heterocycles. The predicted octanol–water partition coefficient (Wildman–Crippen LogP) is 4.09. The van der Waals surface area contributed by atoms with Crippen LogP contribution in [0.4, 0.5) is 0 Å². The molecule has 1 heterocycles. The summed E-state index contributed by atoms with van der Waals surface area (Å²) >= 11 is 1.82. The lowest BCUT2D eigenvalue weighted by molar-refractivity contribution is 0.0761. The van der Waals surface area contributed by atoms with Crippen molar-refractivity contribution in [3.63, 3.8) is 0 Å². The first kappa shape index (κ1) is 13.3. The van der Waals surface area contributed by atoms with Gasteiger partial charge in [0.25, 0.3) is 5.91 Å². The van der Waals surface area contributed by atoms with E-state index in [0.717, 1.165) is 16.9 Å². The summed E-state index contributed by atoms with van der Waals surface area (Å²) in [5.41, 5.74) is 3.19. The standard InChI is InChI=1S/C17H17NOS/c1-2-20-17-15-11-7-6-10-14(15)16(19)18(17)12-13-8-4-3-5-9-13/h3-11,17H,2,12H2,1H3. The highest BCUT2D eigenvalue weighted by Crippen LogP contribution is 2.41. The molecule has 2 aromatic carbocycles. The number of amides is 1. The molecule has 1 atom stereocenters. The first-order valence-corrected chi connectivity index (χ1v) is 7.91. The Bertz CT molecular complexity index is 611. The second-order valence-electron chi connectivity index (χ2n) is 4.81. The third-order valence-electron chi connectivity index (χ3n) is 3.52. The number of carbonyl (C=O) groups is 1. The van der Waals surface area contributed by atoms with E-state index in [9.17, 15) is 4.79 Å². The lowest BCUT2D eigenvalue weighted by atomic mass is 10.1. The van der Waals surface area contributed by atoms with Gasteiger partial charge in [0.05, 0.1) is 0 Å². The molecule has 1 amide bonds. The van der Waals surface area contributed by atoms with Crippen LogP contribution >= 0.6 is 11.8 Å². The van der Waals surface area contributed by atoms with Gasteiger partial charge in [0.2, 0.25) is 0 Å². The summed E-state index contributed by atoms with van der Waals surface area (Å²) in [4.78, 5) is 14.6. The van der Waals surface area contributed by atoms with Crippen molar-refractivity contribution in [1.82, 2.24) is 4.90 Å². The smallest absolute Gasteiger partial charge is 0.255 e. The van der Waals surface area contributed by atoms with Crippen molar-refractivity contribution in [3.05, 3.63) is 71.3 Å². The van der Waals surface area contributed by atoms with Crippen molar-refractivity contribution in [3.8, 4) is 0 Å². The van der Waals surface area contributed by atoms with Gasteiger partial charge in [-0.3, -0.25) is 4.79 Å². The van der Waals surface area contributed by atoms with E-state index in [1.807, 2.05) is 53.1 Å². The molecule has 102 valence electrons. The summed E-state index contributed by atoms with van der Waals surface area (Å²) in [5, 5.41) is 0.143. The van der Waals surface area contributed by atoms with Crippen LogP contribution in [0.3, 0.4) is 0 Å². The van der Waals surface area contributed by atoms with Gasteiger partial charge in [-0.2, -0.15) is 0 Å². The van der Waals surface area contributed by atoms with Crippen LogP contribution in [0.2, 0.25) is 0 Å². The quantitative estimate of drug-likeness (QED) is 0.842. The fourth-order valence-electron chi connectivity index (χ4n) is 2.61. The SMILES string of the molecule is CCSC1c2ccccc2C(=O)N1Cc1ccccc1. The largest absolute Gasteiger partial charge is 0.318 e. The fraction of sp³-hybridized carbons (Fsp3) is 0.235. The summed E-state index contributed by atoms with van der Waals surface area (Å²) in [6.45, 7) is 2.81. The molecule has 3 heteroatoms. The third-order valence-corrected chi connectivity index (χ3v) is 4.68. The van der Waals surface area contributed by atoms with Crippen molar-refractivity contribution in [1.29, 1.82) is 0 Å². The fourth-order valence-corrected chi connectivity index (χ4v) is 3.66. The Balaban J connectivity index is 1.92. The minimum absolute atomic E-state index is 0.143. The van der Waals surface area contributed by atoms with Crippen LogP contribution in [0.25, 0.3) is 0 Å². The van der Waals surface area contributed by atoms with Gasteiger partial charge < -0.3 is 4.90 Å². The average molecular weight is 283 g/mol. The molecule has 0 aromatic heterocycles. The van der Waals surface area contributed by atoms with E-state index in [1.54, 1.807) is 0 Å². The first-order valence-electron chi connectivity index (χ1n) is 6.86. The van der Waals surface area contributed by atoms with Crippen LogP contribution in [-0.2, 0) is 6.54 Å². The van der Waals surface area contributed by atoms with Gasteiger partial charge in [0.15, 0.2) is 0 Å². The summed E-state index contributed by atoms with van der Waals surface area (Å²) < 4.78 is 0. The number of carbonyl (C=O) groups excluding carboxylic acids is 1. The van der Waals surface area contributed by atoms with Crippen molar-refractivity contribution < 1.29 is 4.79 Å². The Hall–Kier alpha value is -1.74. The molecule has 0 bridgehead atoms. The Morgan fingerprint density at radius 2 is 1.75 bits per heavy atom. The molecule has 0 saturated carbocycles. The number of benzene rings is 2. The van der Waals surface area contributed by atoms with Gasteiger partial charge in [-0.05, 0) is 22.9 Å². The van der Waals surface area contributed by atoms with Gasteiger partial charge in [0, 0.05) is 12.1 Å². The van der Waals surface area contributed by atoms with Crippen molar-refractivity contribution >= 4 is 17.7 Å². The lowest BCUT2D eigenvalue weighted by Crippen LogP contribution is -2.26. The third kappa shape index (κ3) is 2.34. The Morgan fingerprint density at radius 1 is 1.05 bits per heavy atom. The zero-order chi connectivity index (χ0) is 13.9. The molecule has 0 N–H and O–H groups in total. The van der Waals surface area contributed by atoms with Crippen LogP contribution < -0.4 is 0 Å². The van der Waals surface area contributed by atoms with E-state index < -0.39 is 0 Å². The van der Waals surface area contributed by atoms with E-state index >= 15 is 0 Å². The summed E-state index contributed by atoms with van der Waals surface area (Å²) in [5.74, 6) is 1.15. The minimum atomic E-state index is 0.143. The summed E-state index contributed by atoms with van der Waals surface area (Å²) in [6.07, 6.45) is 0. The van der Waals surface area contributed by atoms with Gasteiger partial charge in [-0.15, -0.1) is 11.8 Å². The van der Waals surface area contributed by atoms with E-state index in [1.165, 1.54) is 5.56 Å². The molecule has 20 heavy (non-hydrogen) atoms. The number of rotatable bonds is 4. The topological polar surface area (TPSA) is 20.3 Å². The van der Waals surface area contributed by atoms with Gasteiger partial charge in [0.1, 0.15) is 5.37 Å². The maximum atomic E-state index is 12.6. The van der Waals surface area contributed by atoms with E-state index in [2.05, 4.69) is 25.1 Å². The van der Waals surface area contributed by atoms with Gasteiger partial charge >= 0.3 is 0 Å². The number of fused-ring (bicyclic) bond motifs is 1. The summed E-state index contributed by atoms with van der Waals surface area (Å²) in [7, 11) is 0. The van der Waals surface area contributed by atoms with Crippen molar-refractivity contribution in [2.75, 3.05) is 5.75 Å². The normalized spacial score (nSPS) is 17.4. The zero-order valence-electron chi connectivity index (χ0n) is 11.5. The maximum Gasteiger partial charge on any atom is 0.255 e. The minimum Gasteiger partial charge on any atom is -0.318 e. The second-order valence-corrected chi connectivity index (χ2v) is 6.17. The van der Waals surface area contributed by atoms with Crippen LogP contribution in [0, 0.1) is 0 Å². The van der Waals surface area contributed by atoms with Gasteiger partial charge in [-0.1, -0.05) is 55.5 Å². The zero-order valence-corrected chi connectivity index (χ0v) is 12.3. The van der Waals surface area contributed by atoms with E-state index in [-0.39, 0.29) is 11.3 Å². The van der Waals surface area contributed by atoms with E-state index in [0.29, 0.717) is 6.54 Å². The molecular weight excluding hydrogens is 266 g/mol. The monoisotopic (exact) mass is 283 g/mol. The number of hydrogen-bond acceptors (Lipinski definition) is 2. The molecule has 3 rings (SSSR count). The first-order chi connectivity index (χ1) is 9.81. The molecule has 1 aliphatic heterocycles. The van der Waals surface area contributed by atoms with Crippen molar-refractivity contribution in [2.45, 2.75) is 18.8 Å². The molecule has 2 aromatic rings. The summed E-state index contributed by atoms with van der Waals surface area (Å²) in [6, 6.07) is 18.2. The van der Waals surface area contributed by atoms with Crippen LogP contribution in [-0.4, -0.2) is 16.6 Å². The second kappa shape index (κ2) is 5.71. The number of thioether (sulfide) groups is 1. The highest BCUT2D eigenvalue weighted by molar-refractivity contribution is 7.99. The molecular formula is C17H17NOS. The van der Waals surface area contributed by atoms with E-state index in [4.69, 9.17) is 0 Å². The number of hydrogen-bond donors (Lipinski definition) is 0. The van der Waals surface area contributed by atoms with Crippen LogP contribution in [0.5, 0.6) is 0 Å². The Morgan fingerprint density at radius 3 is 2.50 bits per heavy atom. The highest BCUT2D eigenvalue weighted by Gasteiger charge is 2.36. The van der Waals surface area contributed by atoms with Crippen LogP contribution in [0.15, 0.2) is 54.6 Å². The maximum absolute atomic E-state index is 12.6.